The number of anilines is 1. The summed E-state index contributed by atoms with van der Waals surface area (Å²) in [6.45, 7) is 1.57. The first kappa shape index (κ1) is 18.1. The lowest BCUT2D eigenvalue weighted by Gasteiger charge is -2.53. The molecule has 2 aliphatic rings. The number of nitrogens with zero attached hydrogens (tertiary/aromatic N) is 2. The van der Waals surface area contributed by atoms with Gasteiger partial charge in [0, 0.05) is 28.8 Å². The molecule has 148 valence electrons. The van der Waals surface area contributed by atoms with Gasteiger partial charge in [0.15, 0.2) is 5.78 Å². The second kappa shape index (κ2) is 6.53. The van der Waals surface area contributed by atoms with Gasteiger partial charge >= 0.3 is 0 Å². The van der Waals surface area contributed by atoms with Crippen LogP contribution in [0.2, 0.25) is 5.02 Å². The zero-order chi connectivity index (χ0) is 20.2. The van der Waals surface area contributed by atoms with Crippen LogP contribution in [-0.2, 0) is 4.74 Å². The molecule has 0 unspecified atom stereocenters. The molecule has 2 aromatic heterocycles. The Morgan fingerprint density at radius 2 is 2.03 bits per heavy atom. The van der Waals surface area contributed by atoms with Crippen LogP contribution in [0.1, 0.15) is 39.1 Å². The van der Waals surface area contributed by atoms with E-state index in [1.54, 1.807) is 12.1 Å². The van der Waals surface area contributed by atoms with Crippen LogP contribution in [0.5, 0.6) is 0 Å². The topological polar surface area (TPSA) is 123 Å². The van der Waals surface area contributed by atoms with Crippen LogP contribution in [0.4, 0.5) is 5.82 Å². The van der Waals surface area contributed by atoms with E-state index in [9.17, 15) is 9.59 Å². The molecule has 1 aliphatic heterocycles. The molecular formula is C20H18ClN5O3. The number of halogens is 1. The number of carbonyl (C=O) groups is 2. The summed E-state index contributed by atoms with van der Waals surface area (Å²) in [4.78, 5) is 36.4. The van der Waals surface area contributed by atoms with E-state index < -0.39 is 0 Å². The van der Waals surface area contributed by atoms with E-state index in [2.05, 4.69) is 20.3 Å². The third kappa shape index (κ3) is 2.95. The minimum absolute atomic E-state index is 0.153. The number of nitrogens with two attached hydrogens (primary N) is 1. The summed E-state index contributed by atoms with van der Waals surface area (Å²) in [7, 11) is 0. The first-order valence-corrected chi connectivity index (χ1v) is 9.64. The van der Waals surface area contributed by atoms with Crippen molar-refractivity contribution in [3.8, 4) is 0 Å². The van der Waals surface area contributed by atoms with E-state index in [1.807, 2.05) is 0 Å². The number of carbonyl (C=O) groups excluding carboxylic acids is 2. The quantitative estimate of drug-likeness (QED) is 0.566. The second-order valence-electron chi connectivity index (χ2n) is 7.78. The Labute approximate surface area is 170 Å². The highest BCUT2D eigenvalue weighted by atomic mass is 35.5. The van der Waals surface area contributed by atoms with Gasteiger partial charge in [0.1, 0.15) is 17.8 Å². The molecule has 8 nitrogen and oxygen atoms in total. The van der Waals surface area contributed by atoms with Crippen LogP contribution in [0.15, 0.2) is 30.7 Å². The number of aromatic nitrogens is 3. The number of rotatable bonds is 4. The predicted octanol–water partition coefficient (Wildman–Crippen LogP) is 2.33. The highest BCUT2D eigenvalue weighted by Gasteiger charge is 2.50. The van der Waals surface area contributed by atoms with Crippen LogP contribution in [-0.4, -0.2) is 45.9 Å². The van der Waals surface area contributed by atoms with Crippen LogP contribution in [0, 0.1) is 5.41 Å². The monoisotopic (exact) mass is 411 g/mol. The summed E-state index contributed by atoms with van der Waals surface area (Å²) < 4.78 is 5.25. The van der Waals surface area contributed by atoms with Crippen LogP contribution >= 0.6 is 11.6 Å². The molecule has 9 heteroatoms. The van der Waals surface area contributed by atoms with Crippen molar-refractivity contribution in [2.75, 3.05) is 18.9 Å². The second-order valence-corrected chi connectivity index (χ2v) is 8.19. The van der Waals surface area contributed by atoms with Crippen molar-refractivity contribution in [1.29, 1.82) is 0 Å². The molecule has 0 atom stereocenters. The molecule has 0 radical (unpaired) electrons. The van der Waals surface area contributed by atoms with E-state index >= 15 is 0 Å². The lowest BCUT2D eigenvalue weighted by molar-refractivity contribution is -0.165. The van der Waals surface area contributed by atoms with E-state index in [-0.39, 0.29) is 39.6 Å². The van der Waals surface area contributed by atoms with Crippen LogP contribution in [0.25, 0.3) is 11.0 Å². The lowest BCUT2D eigenvalue weighted by Crippen LogP contribution is -2.59. The van der Waals surface area contributed by atoms with Gasteiger partial charge in [-0.2, -0.15) is 0 Å². The Balaban J connectivity index is 1.35. The molecule has 29 heavy (non-hydrogen) atoms. The normalized spacial score (nSPS) is 17.7. The average Bonchev–Trinajstić information content (AvgIpc) is 3.07. The van der Waals surface area contributed by atoms with Gasteiger partial charge in [-0.25, -0.2) is 9.97 Å². The minimum atomic E-state index is -0.319. The minimum Gasteiger partial charge on any atom is -0.383 e. The van der Waals surface area contributed by atoms with Gasteiger partial charge in [-0.1, -0.05) is 11.6 Å². The molecular weight excluding hydrogens is 394 g/mol. The molecule has 4 N–H and O–H groups in total. The van der Waals surface area contributed by atoms with Gasteiger partial charge in [-0.15, -0.1) is 0 Å². The number of ether oxygens (including phenoxy) is 1. The maximum Gasteiger partial charge on any atom is 0.251 e. The summed E-state index contributed by atoms with van der Waals surface area (Å²) in [5.41, 5.74) is 7.68. The van der Waals surface area contributed by atoms with Gasteiger partial charge in [-0.3, -0.25) is 9.59 Å². The van der Waals surface area contributed by atoms with Crippen molar-refractivity contribution in [3.05, 3.63) is 52.4 Å². The Morgan fingerprint density at radius 3 is 2.72 bits per heavy atom. The zero-order valence-electron chi connectivity index (χ0n) is 15.4. The van der Waals surface area contributed by atoms with Crippen molar-refractivity contribution < 1.29 is 14.3 Å². The number of nitrogen functional groups attached to an aromatic ring is 1. The fourth-order valence-electron chi connectivity index (χ4n) is 4.13. The molecule has 3 aromatic rings. The van der Waals surface area contributed by atoms with Gasteiger partial charge in [-0.05, 0) is 31.0 Å². The lowest BCUT2D eigenvalue weighted by atomic mass is 9.64. The summed E-state index contributed by atoms with van der Waals surface area (Å²) in [5.74, 6) is -0.307. The van der Waals surface area contributed by atoms with Crippen molar-refractivity contribution in [1.82, 2.24) is 20.3 Å². The molecule has 0 bridgehead atoms. The largest absolute Gasteiger partial charge is 0.383 e. The summed E-state index contributed by atoms with van der Waals surface area (Å²) in [5, 5.41) is 3.67. The molecule has 1 aliphatic carbocycles. The van der Waals surface area contributed by atoms with Gasteiger partial charge in [0.05, 0.1) is 29.2 Å². The summed E-state index contributed by atoms with van der Waals surface area (Å²) >= 11 is 6.35. The van der Waals surface area contributed by atoms with Crippen molar-refractivity contribution >= 4 is 40.1 Å². The Bertz CT molecular complexity index is 1150. The number of H-pyrrole nitrogens is 1. The number of nitrogens with one attached hydrogen (secondary N) is 2. The first-order valence-electron chi connectivity index (χ1n) is 9.26. The van der Waals surface area contributed by atoms with Gasteiger partial charge in [0.25, 0.3) is 5.91 Å². The maximum absolute atomic E-state index is 13.0. The zero-order valence-corrected chi connectivity index (χ0v) is 16.1. The number of hydrogen-bond donors (Lipinski definition) is 3. The Kier molecular flexibility index (Phi) is 4.07. The standard InChI is InChI=1S/C20H18ClN5O3/c21-14-3-10(19(28)26-11-4-20(5-11)7-29-8-20)1-2-12(14)16(27)13-6-23-18-15(13)17(22)24-9-25-18/h1-3,6,9,11H,4-5,7-8H2,(H,26,28)(H3,22,23,24,25). The highest BCUT2D eigenvalue weighted by molar-refractivity contribution is 6.36. The SMILES string of the molecule is Nc1ncnc2[nH]cc(C(=O)c3ccc(C(=O)NC4CC5(COC5)C4)cc3Cl)c12. The van der Waals surface area contributed by atoms with E-state index in [0.717, 1.165) is 26.1 Å². The molecule has 2 fully saturated rings. The molecule has 3 heterocycles. The highest BCUT2D eigenvalue weighted by Crippen LogP contribution is 2.46. The van der Waals surface area contributed by atoms with E-state index in [1.165, 1.54) is 18.6 Å². The molecule has 1 amide bonds. The maximum atomic E-state index is 13.0. The van der Waals surface area contributed by atoms with E-state index in [4.69, 9.17) is 22.1 Å². The molecule has 1 aromatic carbocycles. The number of ketones is 1. The Hall–Kier alpha value is -2.97. The van der Waals surface area contributed by atoms with Crippen molar-refractivity contribution in [2.45, 2.75) is 18.9 Å². The fraction of sp³-hybridized carbons (Fsp3) is 0.300. The number of fused-ring (bicyclic) bond motifs is 1. The van der Waals surface area contributed by atoms with Crippen LogP contribution in [0.3, 0.4) is 0 Å². The third-order valence-electron chi connectivity index (χ3n) is 5.73. The predicted molar refractivity (Wildman–Crippen MR) is 107 cm³/mol. The first-order chi connectivity index (χ1) is 14.0. The summed E-state index contributed by atoms with van der Waals surface area (Å²) in [6, 6.07) is 4.82. The number of hydrogen-bond acceptors (Lipinski definition) is 6. The van der Waals surface area contributed by atoms with Gasteiger partial charge in [0.2, 0.25) is 0 Å². The molecule has 1 spiro atoms. The molecule has 1 saturated carbocycles. The smallest absolute Gasteiger partial charge is 0.251 e. The number of benzene rings is 1. The van der Waals surface area contributed by atoms with Crippen LogP contribution < -0.4 is 11.1 Å². The van der Waals surface area contributed by atoms with Gasteiger partial charge < -0.3 is 20.8 Å². The average molecular weight is 412 g/mol. The third-order valence-corrected chi connectivity index (χ3v) is 6.04. The molecule has 5 rings (SSSR count). The summed E-state index contributed by atoms with van der Waals surface area (Å²) in [6.07, 6.45) is 4.73. The van der Waals surface area contributed by atoms with Crippen molar-refractivity contribution in [3.63, 3.8) is 0 Å². The number of amides is 1. The fourth-order valence-corrected chi connectivity index (χ4v) is 4.40. The Morgan fingerprint density at radius 1 is 1.24 bits per heavy atom. The number of aromatic amines is 1. The van der Waals surface area contributed by atoms with Crippen molar-refractivity contribution in [2.24, 2.45) is 5.41 Å². The molecule has 1 saturated heterocycles. The van der Waals surface area contributed by atoms with E-state index in [0.29, 0.717) is 22.2 Å².